The molecule has 2 heterocycles. The molecule has 0 aliphatic heterocycles. The largest absolute Gasteiger partial charge is 0.480 e. The van der Waals surface area contributed by atoms with Crippen molar-refractivity contribution in [3.63, 3.8) is 0 Å². The average Bonchev–Trinajstić information content (AvgIpc) is 3.69. The van der Waals surface area contributed by atoms with Crippen LogP contribution in [-0.4, -0.2) is 104 Å². The maximum Gasteiger partial charge on any atom is 0.326 e. The second-order valence-electron chi connectivity index (χ2n) is 10.2. The Kier molecular flexibility index (Phi) is 15.0. The van der Waals surface area contributed by atoms with Crippen LogP contribution in [0, 0.1) is 0 Å². The number of aromatic nitrogens is 4. The zero-order chi connectivity index (χ0) is 34.1. The van der Waals surface area contributed by atoms with Gasteiger partial charge in [0, 0.05) is 56.6 Å². The number of nitrogens with one attached hydrogen (secondary N) is 7. The van der Waals surface area contributed by atoms with Gasteiger partial charge in [-0.05, 0) is 25.7 Å². The van der Waals surface area contributed by atoms with E-state index in [4.69, 9.17) is 17.2 Å². The second kappa shape index (κ2) is 18.9. The Bertz CT molecular complexity index is 1330. The highest BCUT2D eigenvalue weighted by Gasteiger charge is 2.32. The van der Waals surface area contributed by atoms with Crippen LogP contribution in [0.3, 0.4) is 0 Å². The molecule has 0 bridgehead atoms. The van der Waals surface area contributed by atoms with Crippen molar-refractivity contribution >= 4 is 41.6 Å². The zero-order valence-corrected chi connectivity index (χ0v) is 25.2. The Labute approximate surface area is 263 Å². The van der Waals surface area contributed by atoms with Gasteiger partial charge in [-0.1, -0.05) is 0 Å². The Balaban J connectivity index is 2.24. The number of carboxylic acids is 1. The Hall–Kier alpha value is -5.69. The summed E-state index contributed by atoms with van der Waals surface area (Å²) in [6.07, 6.45) is 6.10. The molecular formula is C26H41N13O7. The minimum absolute atomic E-state index is 0.0433. The molecule has 20 heteroatoms. The number of aromatic amines is 2. The summed E-state index contributed by atoms with van der Waals surface area (Å²) in [4.78, 5) is 92.3. The number of aliphatic imine (C=N–C) groups is 1. The number of carboxylic acid groups (broad SMARTS) is 1. The van der Waals surface area contributed by atoms with Crippen molar-refractivity contribution in [1.29, 1.82) is 0 Å². The number of imidazole rings is 2. The summed E-state index contributed by atoms with van der Waals surface area (Å²) in [5.41, 5.74) is 16.6. The van der Waals surface area contributed by atoms with Crippen LogP contribution in [0.25, 0.3) is 0 Å². The van der Waals surface area contributed by atoms with Gasteiger partial charge in [-0.2, -0.15) is 0 Å². The SMILES string of the molecule is CC(=O)N[C@@H](CCCN=C(N)N)C(=O)N[C@@H](Cc1cnc[nH]1)C(=O)N[C@@H](Cc1cnc[nH]1)C(=O)N[C@@H](CCCNC(N)=O)C(=O)O. The van der Waals surface area contributed by atoms with Gasteiger partial charge in [0.25, 0.3) is 0 Å². The summed E-state index contributed by atoms with van der Waals surface area (Å²) < 4.78 is 0. The summed E-state index contributed by atoms with van der Waals surface area (Å²) in [7, 11) is 0. The molecule has 20 nitrogen and oxygen atoms in total. The number of carbonyl (C=O) groups is 6. The lowest BCUT2D eigenvalue weighted by molar-refractivity contribution is -0.142. The lowest BCUT2D eigenvalue weighted by Gasteiger charge is -2.26. The third-order valence-corrected chi connectivity index (χ3v) is 6.45. The van der Waals surface area contributed by atoms with E-state index < -0.39 is 59.8 Å². The van der Waals surface area contributed by atoms with E-state index in [2.05, 4.69) is 51.5 Å². The van der Waals surface area contributed by atoms with Gasteiger partial charge in [0.05, 0.1) is 12.7 Å². The van der Waals surface area contributed by atoms with Gasteiger partial charge >= 0.3 is 12.0 Å². The van der Waals surface area contributed by atoms with Crippen LogP contribution >= 0.6 is 0 Å². The van der Waals surface area contributed by atoms with Gasteiger partial charge in [0.15, 0.2) is 5.96 Å². The molecule has 0 aliphatic rings. The molecule has 0 saturated heterocycles. The molecule has 4 atom stereocenters. The first-order valence-corrected chi connectivity index (χ1v) is 14.3. The number of nitrogens with zero attached hydrogens (tertiary/aromatic N) is 3. The molecule has 252 valence electrons. The van der Waals surface area contributed by atoms with E-state index in [0.29, 0.717) is 17.8 Å². The maximum absolute atomic E-state index is 13.7. The third kappa shape index (κ3) is 13.7. The zero-order valence-electron chi connectivity index (χ0n) is 25.2. The number of hydrogen-bond acceptors (Lipinski definition) is 9. The number of amides is 6. The first-order chi connectivity index (χ1) is 21.8. The highest BCUT2D eigenvalue weighted by Crippen LogP contribution is 2.07. The van der Waals surface area contributed by atoms with E-state index in [1.54, 1.807) is 0 Å². The van der Waals surface area contributed by atoms with E-state index in [1.165, 1.54) is 32.0 Å². The van der Waals surface area contributed by atoms with Crippen molar-refractivity contribution in [1.82, 2.24) is 46.5 Å². The summed E-state index contributed by atoms with van der Waals surface area (Å²) in [6.45, 7) is 1.53. The van der Waals surface area contributed by atoms with Gasteiger partial charge in [0.1, 0.15) is 24.2 Å². The predicted octanol–water partition coefficient (Wildman–Crippen LogP) is -3.54. The molecule has 2 aromatic rings. The Morgan fingerprint density at radius 1 is 0.783 bits per heavy atom. The molecule has 6 amide bonds. The summed E-state index contributed by atoms with van der Waals surface area (Å²) in [5, 5.41) is 22.2. The fourth-order valence-corrected chi connectivity index (χ4v) is 4.26. The lowest BCUT2D eigenvalue weighted by Crippen LogP contribution is -2.58. The normalized spacial score (nSPS) is 13.2. The Morgan fingerprint density at radius 3 is 1.72 bits per heavy atom. The topological polar surface area (TPSA) is 331 Å². The summed E-state index contributed by atoms with van der Waals surface area (Å²) in [5.74, 6) is -4.20. The molecule has 0 unspecified atom stereocenters. The Morgan fingerprint density at radius 2 is 1.28 bits per heavy atom. The van der Waals surface area contributed by atoms with E-state index in [9.17, 15) is 33.9 Å². The standard InChI is InChI=1S/C26H41N13O7/c1-14(40)36-17(4-2-6-32-25(27)28)21(41)38-20(9-16-11-31-13-35-16)23(43)39-19(8-15-10-30-12-34-15)22(42)37-18(24(44)45)5-3-7-33-26(29)46/h10-13,17-20H,2-9H2,1H3,(H,30,34)(H,31,35)(H,36,40)(H,37,42)(H,38,41)(H,39,43)(H,44,45)(H4,27,28,32)(H3,29,33,46)/t17-,18-,19-,20-/m0/s1. The van der Waals surface area contributed by atoms with Gasteiger partial charge in [0.2, 0.25) is 23.6 Å². The molecule has 2 aromatic heterocycles. The van der Waals surface area contributed by atoms with Crippen LogP contribution in [0.1, 0.15) is 44.0 Å². The highest BCUT2D eigenvalue weighted by molar-refractivity contribution is 5.95. The number of hydrogen-bond donors (Lipinski definition) is 11. The van der Waals surface area contributed by atoms with Crippen molar-refractivity contribution in [3.8, 4) is 0 Å². The number of urea groups is 1. The molecule has 2 rings (SSSR count). The van der Waals surface area contributed by atoms with E-state index >= 15 is 0 Å². The molecule has 0 aliphatic carbocycles. The predicted molar refractivity (Wildman–Crippen MR) is 162 cm³/mol. The first kappa shape index (κ1) is 36.5. The van der Waals surface area contributed by atoms with Crippen molar-refractivity contribution in [2.75, 3.05) is 13.1 Å². The van der Waals surface area contributed by atoms with Crippen LogP contribution in [-0.2, 0) is 36.8 Å². The lowest BCUT2D eigenvalue weighted by atomic mass is 10.1. The van der Waals surface area contributed by atoms with Crippen LogP contribution in [0.4, 0.5) is 4.79 Å². The average molecular weight is 648 g/mol. The summed E-state index contributed by atoms with van der Waals surface area (Å²) >= 11 is 0. The van der Waals surface area contributed by atoms with Crippen molar-refractivity contribution in [3.05, 3.63) is 36.4 Å². The number of primary amides is 1. The number of carbonyl (C=O) groups excluding carboxylic acids is 5. The molecule has 0 saturated carbocycles. The fraction of sp³-hybridized carbons (Fsp3) is 0.500. The van der Waals surface area contributed by atoms with Gasteiger partial charge in [-0.25, -0.2) is 19.6 Å². The number of rotatable bonds is 20. The van der Waals surface area contributed by atoms with Crippen LogP contribution < -0.4 is 43.8 Å². The molecule has 14 N–H and O–H groups in total. The second-order valence-corrected chi connectivity index (χ2v) is 10.2. The molecule has 0 spiro atoms. The number of nitrogens with two attached hydrogens (primary N) is 3. The third-order valence-electron chi connectivity index (χ3n) is 6.45. The van der Waals surface area contributed by atoms with Crippen LogP contribution in [0.15, 0.2) is 30.0 Å². The quantitative estimate of drug-likeness (QED) is 0.0380. The van der Waals surface area contributed by atoms with Crippen LogP contribution in [0.5, 0.6) is 0 Å². The van der Waals surface area contributed by atoms with E-state index in [1.807, 2.05) is 0 Å². The molecule has 0 fully saturated rings. The summed E-state index contributed by atoms with van der Waals surface area (Å²) in [6, 6.07) is -5.71. The van der Waals surface area contributed by atoms with Gasteiger partial charge in [-0.3, -0.25) is 24.2 Å². The number of H-pyrrole nitrogens is 2. The van der Waals surface area contributed by atoms with Crippen LogP contribution in [0.2, 0.25) is 0 Å². The fourth-order valence-electron chi connectivity index (χ4n) is 4.26. The molecule has 0 aromatic carbocycles. The monoisotopic (exact) mass is 647 g/mol. The van der Waals surface area contributed by atoms with E-state index in [-0.39, 0.29) is 51.2 Å². The number of aliphatic carboxylic acids is 1. The first-order valence-electron chi connectivity index (χ1n) is 14.3. The van der Waals surface area contributed by atoms with Gasteiger partial charge < -0.3 is 58.9 Å². The molecule has 0 radical (unpaired) electrons. The number of guanidine groups is 1. The minimum atomic E-state index is -1.35. The maximum atomic E-state index is 13.7. The van der Waals surface area contributed by atoms with E-state index in [0.717, 1.165) is 0 Å². The minimum Gasteiger partial charge on any atom is -0.480 e. The highest BCUT2D eigenvalue weighted by atomic mass is 16.4. The van der Waals surface area contributed by atoms with Crippen molar-refractivity contribution in [2.45, 2.75) is 69.6 Å². The van der Waals surface area contributed by atoms with Gasteiger partial charge in [-0.15, -0.1) is 0 Å². The van der Waals surface area contributed by atoms with Crippen molar-refractivity contribution in [2.24, 2.45) is 22.2 Å². The van der Waals surface area contributed by atoms with Crippen molar-refractivity contribution < 1.29 is 33.9 Å². The smallest absolute Gasteiger partial charge is 0.326 e. The molecular weight excluding hydrogens is 606 g/mol. The molecule has 46 heavy (non-hydrogen) atoms.